The first-order valence-corrected chi connectivity index (χ1v) is 4.80. The summed E-state index contributed by atoms with van der Waals surface area (Å²) < 4.78 is 0. The van der Waals surface area contributed by atoms with Crippen molar-refractivity contribution in [3.63, 3.8) is 0 Å². The topological polar surface area (TPSA) is 52.0 Å². The molecule has 0 radical (unpaired) electrons. The van der Waals surface area contributed by atoms with Gasteiger partial charge in [-0.15, -0.1) is 0 Å². The van der Waals surface area contributed by atoms with E-state index in [0.29, 0.717) is 6.04 Å². The Morgan fingerprint density at radius 1 is 1.18 bits per heavy atom. The Morgan fingerprint density at radius 2 is 1.91 bits per heavy atom. The van der Waals surface area contributed by atoms with Gasteiger partial charge in [0.05, 0.1) is 0 Å². The third-order valence-electron chi connectivity index (χ3n) is 2.75. The van der Waals surface area contributed by atoms with Gasteiger partial charge in [0.25, 0.3) is 0 Å². The van der Waals surface area contributed by atoms with Crippen LogP contribution in [0.3, 0.4) is 0 Å². The molecule has 11 heavy (non-hydrogen) atoms. The van der Waals surface area contributed by atoms with Crippen LogP contribution in [0.5, 0.6) is 0 Å². The van der Waals surface area contributed by atoms with Crippen molar-refractivity contribution in [1.29, 1.82) is 0 Å². The van der Waals surface area contributed by atoms with Gasteiger partial charge in [-0.25, -0.2) is 0 Å². The van der Waals surface area contributed by atoms with Crippen LogP contribution in [0, 0.1) is 5.92 Å². The van der Waals surface area contributed by atoms with E-state index < -0.39 is 0 Å². The smallest absolute Gasteiger partial charge is 0.00671 e. The predicted octanol–water partition coefficient (Wildman–Crippen LogP) is 1.24. The van der Waals surface area contributed by atoms with Gasteiger partial charge in [0, 0.05) is 6.04 Å². The van der Waals surface area contributed by atoms with Gasteiger partial charge in [-0.2, -0.15) is 0 Å². The molecule has 4 N–H and O–H groups in total. The monoisotopic (exact) mass is 156 g/mol. The lowest BCUT2D eigenvalue weighted by Gasteiger charge is -2.28. The second-order valence-corrected chi connectivity index (χ2v) is 3.64. The summed E-state index contributed by atoms with van der Waals surface area (Å²) in [5, 5.41) is 0. The molecule has 0 aliphatic heterocycles. The van der Waals surface area contributed by atoms with Crippen LogP contribution in [-0.2, 0) is 0 Å². The lowest BCUT2D eigenvalue weighted by Crippen LogP contribution is -2.33. The van der Waals surface area contributed by atoms with Gasteiger partial charge in [-0.1, -0.05) is 12.8 Å². The number of hydrogen-bond acceptors (Lipinski definition) is 2. The van der Waals surface area contributed by atoms with Crippen LogP contribution in [0.15, 0.2) is 0 Å². The summed E-state index contributed by atoms with van der Waals surface area (Å²) in [6.45, 7) is 0.823. The first-order chi connectivity index (χ1) is 5.34. The molecular formula is C9H20N2. The molecule has 0 aromatic rings. The van der Waals surface area contributed by atoms with Crippen LogP contribution in [0.4, 0.5) is 0 Å². The summed E-state index contributed by atoms with van der Waals surface area (Å²) in [6, 6.07) is 0.468. The van der Waals surface area contributed by atoms with Gasteiger partial charge in [-0.3, -0.25) is 0 Å². The van der Waals surface area contributed by atoms with Gasteiger partial charge in [0.15, 0.2) is 0 Å². The molecular weight excluding hydrogens is 136 g/mol. The van der Waals surface area contributed by atoms with E-state index in [0.717, 1.165) is 18.9 Å². The molecule has 66 valence electrons. The molecule has 2 atom stereocenters. The summed E-state index contributed by atoms with van der Waals surface area (Å²) in [5.41, 5.74) is 11.4. The third kappa shape index (κ3) is 2.80. The van der Waals surface area contributed by atoms with E-state index in [1.54, 1.807) is 0 Å². The molecule has 1 fully saturated rings. The Bertz CT molecular complexity index is 104. The van der Waals surface area contributed by atoms with Crippen LogP contribution in [0.1, 0.15) is 38.5 Å². The minimum absolute atomic E-state index is 0.468. The fourth-order valence-electron chi connectivity index (χ4n) is 1.97. The van der Waals surface area contributed by atoms with Crippen LogP contribution < -0.4 is 11.5 Å². The van der Waals surface area contributed by atoms with Crippen molar-refractivity contribution in [1.82, 2.24) is 0 Å². The molecule has 0 spiro atoms. The Kier molecular flexibility index (Phi) is 3.87. The Morgan fingerprint density at radius 3 is 2.55 bits per heavy atom. The summed E-state index contributed by atoms with van der Waals surface area (Å²) >= 11 is 0. The fraction of sp³-hybridized carbons (Fsp3) is 1.00. The van der Waals surface area contributed by atoms with E-state index in [1.165, 1.54) is 32.1 Å². The minimum Gasteiger partial charge on any atom is -0.330 e. The first kappa shape index (κ1) is 9.01. The van der Waals surface area contributed by atoms with Crippen LogP contribution in [0.2, 0.25) is 0 Å². The highest BCUT2D eigenvalue weighted by Gasteiger charge is 2.20. The van der Waals surface area contributed by atoms with E-state index in [4.69, 9.17) is 11.5 Å². The number of nitrogens with two attached hydrogens (primary N) is 2. The zero-order valence-electron chi connectivity index (χ0n) is 7.26. The van der Waals surface area contributed by atoms with E-state index in [9.17, 15) is 0 Å². The van der Waals surface area contributed by atoms with E-state index >= 15 is 0 Å². The minimum atomic E-state index is 0.468. The average molecular weight is 156 g/mol. The highest BCUT2D eigenvalue weighted by molar-refractivity contribution is 4.77. The summed E-state index contributed by atoms with van der Waals surface area (Å²) in [5.74, 6) is 0.771. The fourth-order valence-corrected chi connectivity index (χ4v) is 1.97. The molecule has 1 saturated carbocycles. The molecule has 0 bridgehead atoms. The second kappa shape index (κ2) is 4.73. The zero-order chi connectivity index (χ0) is 8.10. The summed E-state index contributed by atoms with van der Waals surface area (Å²) in [4.78, 5) is 0. The standard InChI is InChI=1S/C9H20N2/c10-7-3-5-8-4-1-2-6-9(8)11/h8-9H,1-7,10-11H2/t8-,9-/m1/s1. The third-order valence-corrected chi connectivity index (χ3v) is 2.75. The van der Waals surface area contributed by atoms with Gasteiger partial charge >= 0.3 is 0 Å². The maximum absolute atomic E-state index is 5.98. The van der Waals surface area contributed by atoms with E-state index in [-0.39, 0.29) is 0 Å². The Hall–Kier alpha value is -0.0800. The largest absolute Gasteiger partial charge is 0.330 e. The molecule has 2 nitrogen and oxygen atoms in total. The van der Waals surface area contributed by atoms with Crippen molar-refractivity contribution in [2.45, 2.75) is 44.6 Å². The lowest BCUT2D eigenvalue weighted by atomic mass is 9.82. The molecule has 1 aliphatic rings. The van der Waals surface area contributed by atoms with Crippen molar-refractivity contribution in [2.75, 3.05) is 6.54 Å². The number of rotatable bonds is 3. The molecule has 0 unspecified atom stereocenters. The van der Waals surface area contributed by atoms with Crippen LogP contribution in [0.25, 0.3) is 0 Å². The lowest BCUT2D eigenvalue weighted by molar-refractivity contribution is 0.288. The van der Waals surface area contributed by atoms with Crippen molar-refractivity contribution in [3.8, 4) is 0 Å². The van der Waals surface area contributed by atoms with Crippen molar-refractivity contribution < 1.29 is 0 Å². The van der Waals surface area contributed by atoms with E-state index in [2.05, 4.69) is 0 Å². The van der Waals surface area contributed by atoms with Gasteiger partial charge < -0.3 is 11.5 Å². The molecule has 0 aromatic carbocycles. The Labute approximate surface area is 69.3 Å². The molecule has 0 saturated heterocycles. The van der Waals surface area contributed by atoms with Crippen molar-refractivity contribution in [3.05, 3.63) is 0 Å². The highest BCUT2D eigenvalue weighted by atomic mass is 14.7. The quantitative estimate of drug-likeness (QED) is 0.646. The first-order valence-electron chi connectivity index (χ1n) is 4.80. The Balaban J connectivity index is 2.18. The summed E-state index contributed by atoms with van der Waals surface area (Å²) in [7, 11) is 0. The molecule has 0 aromatic heterocycles. The normalized spacial score (nSPS) is 32.2. The molecule has 1 aliphatic carbocycles. The maximum Gasteiger partial charge on any atom is 0.00671 e. The number of hydrogen-bond donors (Lipinski definition) is 2. The second-order valence-electron chi connectivity index (χ2n) is 3.64. The summed E-state index contributed by atoms with van der Waals surface area (Å²) in [6.07, 6.45) is 7.68. The average Bonchev–Trinajstić information content (AvgIpc) is 2.03. The maximum atomic E-state index is 5.98. The predicted molar refractivity (Wildman–Crippen MR) is 48.2 cm³/mol. The van der Waals surface area contributed by atoms with Crippen molar-refractivity contribution in [2.24, 2.45) is 17.4 Å². The molecule has 0 amide bonds. The van der Waals surface area contributed by atoms with Crippen LogP contribution in [-0.4, -0.2) is 12.6 Å². The van der Waals surface area contributed by atoms with Crippen LogP contribution >= 0.6 is 0 Å². The van der Waals surface area contributed by atoms with Crippen molar-refractivity contribution >= 4 is 0 Å². The molecule has 0 heterocycles. The molecule has 1 rings (SSSR count). The van der Waals surface area contributed by atoms with Gasteiger partial charge in [0.1, 0.15) is 0 Å². The highest BCUT2D eigenvalue weighted by Crippen LogP contribution is 2.26. The molecule has 2 heteroatoms. The van der Waals surface area contributed by atoms with Gasteiger partial charge in [0.2, 0.25) is 0 Å². The van der Waals surface area contributed by atoms with Gasteiger partial charge in [-0.05, 0) is 38.1 Å². The zero-order valence-corrected chi connectivity index (χ0v) is 7.26. The SMILES string of the molecule is NCCC[C@H]1CCCC[C@H]1N. The van der Waals surface area contributed by atoms with E-state index in [1.807, 2.05) is 0 Å².